The third kappa shape index (κ3) is 4.55. The fraction of sp³-hybridized carbons (Fsp3) is 0.273. The summed E-state index contributed by atoms with van der Waals surface area (Å²) in [6.45, 7) is 4.77. The molecule has 0 bridgehead atoms. The van der Waals surface area contributed by atoms with Gasteiger partial charge in [-0.15, -0.1) is 11.3 Å². The van der Waals surface area contributed by atoms with Crippen LogP contribution in [0.2, 0.25) is 0 Å². The maximum atomic E-state index is 12.8. The average molecular weight is 442 g/mol. The van der Waals surface area contributed by atoms with Crippen LogP contribution in [-0.4, -0.2) is 50.4 Å². The van der Waals surface area contributed by atoms with Crippen LogP contribution in [0.1, 0.15) is 21.6 Å². The maximum absolute atomic E-state index is 12.8. The van der Waals surface area contributed by atoms with Gasteiger partial charge in [0.15, 0.2) is 15.0 Å². The van der Waals surface area contributed by atoms with E-state index in [9.17, 15) is 13.2 Å². The van der Waals surface area contributed by atoms with E-state index in [0.29, 0.717) is 29.1 Å². The topological polar surface area (TPSA) is 70.6 Å². The molecule has 1 aliphatic heterocycles. The van der Waals surface area contributed by atoms with E-state index in [1.54, 1.807) is 65.9 Å². The Kier molecular flexibility index (Phi) is 5.87. The number of sulfone groups is 1. The highest BCUT2D eigenvalue weighted by molar-refractivity contribution is 7.90. The van der Waals surface area contributed by atoms with Gasteiger partial charge in [-0.05, 0) is 36.8 Å². The largest absolute Gasteiger partial charge is 0.345 e. The lowest BCUT2D eigenvalue weighted by Gasteiger charge is -2.34. The van der Waals surface area contributed by atoms with Crippen molar-refractivity contribution >= 4 is 32.2 Å². The molecule has 2 aromatic carbocycles. The Morgan fingerprint density at radius 1 is 1.00 bits per heavy atom. The number of amides is 1. The Balaban J connectivity index is 1.38. The third-order valence-electron chi connectivity index (χ3n) is 5.10. The first-order chi connectivity index (χ1) is 14.4. The van der Waals surface area contributed by atoms with Crippen LogP contribution in [-0.2, 0) is 15.6 Å². The average Bonchev–Trinajstić information content (AvgIpc) is 3.21. The molecule has 0 unspecified atom stereocenters. The Bertz CT molecular complexity index is 1120. The molecule has 6 nitrogen and oxygen atoms in total. The molecule has 1 amide bonds. The van der Waals surface area contributed by atoms with E-state index in [4.69, 9.17) is 0 Å². The van der Waals surface area contributed by atoms with Crippen LogP contribution < -0.4 is 4.90 Å². The standard InChI is InChI=1S/C22H23N3O3S2/c1-17-15-29-22(23-17)25-13-11-24(12-14-25)21(26)19-9-7-18(8-10-19)16-30(27,28)20-5-3-2-4-6-20/h2-10,15H,11-14,16H2,1H3. The molecule has 0 atom stereocenters. The molecule has 0 aliphatic carbocycles. The first-order valence-electron chi connectivity index (χ1n) is 9.75. The molecule has 0 N–H and O–H groups in total. The van der Waals surface area contributed by atoms with E-state index in [1.165, 1.54) is 0 Å². The van der Waals surface area contributed by atoms with Gasteiger partial charge in [0.05, 0.1) is 16.3 Å². The molecule has 3 aromatic rings. The monoisotopic (exact) mass is 441 g/mol. The van der Waals surface area contributed by atoms with Crippen molar-refractivity contribution in [2.75, 3.05) is 31.1 Å². The van der Waals surface area contributed by atoms with Gasteiger partial charge in [0.1, 0.15) is 0 Å². The fourth-order valence-electron chi connectivity index (χ4n) is 3.44. The fourth-order valence-corrected chi connectivity index (χ4v) is 5.67. The minimum atomic E-state index is -3.40. The summed E-state index contributed by atoms with van der Waals surface area (Å²) in [7, 11) is -3.40. The number of aryl methyl sites for hydroxylation is 1. The molecule has 1 aromatic heterocycles. The molecule has 30 heavy (non-hydrogen) atoms. The summed E-state index contributed by atoms with van der Waals surface area (Å²) < 4.78 is 25.1. The summed E-state index contributed by atoms with van der Waals surface area (Å²) in [6.07, 6.45) is 0. The van der Waals surface area contributed by atoms with Crippen LogP contribution in [0, 0.1) is 6.92 Å². The minimum absolute atomic E-state index is 0.0255. The molecule has 156 valence electrons. The van der Waals surface area contributed by atoms with Crippen molar-refractivity contribution in [1.82, 2.24) is 9.88 Å². The van der Waals surface area contributed by atoms with E-state index >= 15 is 0 Å². The number of hydrogen-bond acceptors (Lipinski definition) is 6. The third-order valence-corrected chi connectivity index (χ3v) is 7.83. The van der Waals surface area contributed by atoms with Crippen LogP contribution in [0.15, 0.2) is 64.9 Å². The van der Waals surface area contributed by atoms with Gasteiger partial charge >= 0.3 is 0 Å². The van der Waals surface area contributed by atoms with Gasteiger partial charge in [-0.25, -0.2) is 13.4 Å². The van der Waals surface area contributed by atoms with Crippen LogP contribution in [0.25, 0.3) is 0 Å². The summed E-state index contributed by atoms with van der Waals surface area (Å²) in [4.78, 5) is 21.7. The highest BCUT2D eigenvalue weighted by Crippen LogP contribution is 2.22. The van der Waals surface area contributed by atoms with E-state index in [0.717, 1.165) is 23.9 Å². The second-order valence-corrected chi connectivity index (χ2v) is 10.1. The number of aromatic nitrogens is 1. The van der Waals surface area contributed by atoms with Gasteiger partial charge in [0.25, 0.3) is 5.91 Å². The van der Waals surface area contributed by atoms with E-state index in [1.807, 2.05) is 17.2 Å². The zero-order valence-corrected chi connectivity index (χ0v) is 18.3. The van der Waals surface area contributed by atoms with E-state index in [2.05, 4.69) is 9.88 Å². The predicted octanol–water partition coefficient (Wildman–Crippen LogP) is 3.39. The second-order valence-electron chi connectivity index (χ2n) is 7.32. The zero-order valence-electron chi connectivity index (χ0n) is 16.7. The summed E-state index contributed by atoms with van der Waals surface area (Å²) in [5.74, 6) is -0.111. The minimum Gasteiger partial charge on any atom is -0.345 e. The van der Waals surface area contributed by atoms with Crippen LogP contribution in [0.4, 0.5) is 5.13 Å². The molecule has 1 aliphatic rings. The highest BCUT2D eigenvalue weighted by atomic mass is 32.2. The number of thiazole rings is 1. The Hall–Kier alpha value is -2.71. The molecular formula is C22H23N3O3S2. The molecule has 1 saturated heterocycles. The van der Waals surface area contributed by atoms with Crippen LogP contribution in [0.3, 0.4) is 0 Å². The smallest absolute Gasteiger partial charge is 0.253 e. The van der Waals surface area contributed by atoms with Gasteiger partial charge < -0.3 is 9.80 Å². The molecular weight excluding hydrogens is 418 g/mol. The summed E-state index contributed by atoms with van der Waals surface area (Å²) >= 11 is 1.63. The summed E-state index contributed by atoms with van der Waals surface area (Å²) in [6, 6.07) is 15.3. The zero-order chi connectivity index (χ0) is 21.1. The molecule has 0 spiro atoms. The number of piperazine rings is 1. The number of hydrogen-bond donors (Lipinski definition) is 0. The van der Waals surface area contributed by atoms with E-state index in [-0.39, 0.29) is 11.7 Å². The molecule has 0 saturated carbocycles. The molecule has 4 rings (SSSR count). The lowest BCUT2D eigenvalue weighted by Crippen LogP contribution is -2.48. The number of benzene rings is 2. The summed E-state index contributed by atoms with van der Waals surface area (Å²) in [5, 5.41) is 3.04. The number of carbonyl (C=O) groups is 1. The van der Waals surface area contributed by atoms with Crippen molar-refractivity contribution in [2.45, 2.75) is 17.6 Å². The second kappa shape index (κ2) is 8.57. The van der Waals surface area contributed by atoms with Crippen molar-refractivity contribution in [1.29, 1.82) is 0 Å². The maximum Gasteiger partial charge on any atom is 0.253 e. The lowest BCUT2D eigenvalue weighted by molar-refractivity contribution is 0.0746. The quantitative estimate of drug-likeness (QED) is 0.607. The van der Waals surface area contributed by atoms with Crippen LogP contribution >= 0.6 is 11.3 Å². The van der Waals surface area contributed by atoms with Gasteiger partial charge in [-0.2, -0.15) is 0 Å². The highest BCUT2D eigenvalue weighted by Gasteiger charge is 2.24. The molecule has 0 radical (unpaired) electrons. The number of carbonyl (C=O) groups excluding carboxylic acids is 1. The van der Waals surface area contributed by atoms with Crippen molar-refractivity contribution in [3.05, 3.63) is 76.8 Å². The van der Waals surface area contributed by atoms with E-state index < -0.39 is 9.84 Å². The van der Waals surface area contributed by atoms with Gasteiger partial charge in [-0.3, -0.25) is 4.79 Å². The first-order valence-corrected chi connectivity index (χ1v) is 12.3. The summed E-state index contributed by atoms with van der Waals surface area (Å²) in [5.41, 5.74) is 2.26. The number of rotatable bonds is 5. The van der Waals surface area contributed by atoms with Crippen LogP contribution in [0.5, 0.6) is 0 Å². The predicted molar refractivity (Wildman–Crippen MR) is 119 cm³/mol. The lowest BCUT2D eigenvalue weighted by atomic mass is 10.1. The van der Waals surface area contributed by atoms with Crippen molar-refractivity contribution in [2.24, 2.45) is 0 Å². The molecule has 2 heterocycles. The number of nitrogens with zero attached hydrogens (tertiary/aromatic N) is 3. The Labute approximate surface area is 180 Å². The molecule has 8 heteroatoms. The van der Waals surface area contributed by atoms with Gasteiger partial charge in [-0.1, -0.05) is 30.3 Å². The Morgan fingerprint density at radius 3 is 2.27 bits per heavy atom. The number of anilines is 1. The SMILES string of the molecule is Cc1csc(N2CCN(C(=O)c3ccc(CS(=O)(=O)c4ccccc4)cc3)CC2)n1. The van der Waals surface area contributed by atoms with Crippen molar-refractivity contribution in [3.63, 3.8) is 0 Å². The van der Waals surface area contributed by atoms with Crippen molar-refractivity contribution in [3.8, 4) is 0 Å². The van der Waals surface area contributed by atoms with Gasteiger partial charge in [0, 0.05) is 37.1 Å². The molecule has 1 fully saturated rings. The van der Waals surface area contributed by atoms with Gasteiger partial charge in [0.2, 0.25) is 0 Å². The normalized spacial score (nSPS) is 14.7. The Morgan fingerprint density at radius 2 is 1.67 bits per heavy atom. The van der Waals surface area contributed by atoms with Crippen molar-refractivity contribution < 1.29 is 13.2 Å². The first kappa shape index (κ1) is 20.6.